The highest BCUT2D eigenvalue weighted by atomic mass is 35.5. The molecule has 0 unspecified atom stereocenters. The molecule has 170 valence electrons. The van der Waals surface area contributed by atoms with Crippen LogP contribution in [-0.4, -0.2) is 26.3 Å². The van der Waals surface area contributed by atoms with Crippen molar-refractivity contribution in [2.75, 3.05) is 11.1 Å². The maximum absolute atomic E-state index is 13.0. The first-order valence-corrected chi connectivity index (χ1v) is 11.6. The van der Waals surface area contributed by atoms with Gasteiger partial charge in [-0.1, -0.05) is 37.3 Å². The molecule has 0 spiro atoms. The van der Waals surface area contributed by atoms with Gasteiger partial charge in [0.1, 0.15) is 6.26 Å². The van der Waals surface area contributed by atoms with E-state index < -0.39 is 9.84 Å². The number of carbonyl (C=O) groups is 1. The maximum Gasteiger partial charge on any atom is 0.255 e. The van der Waals surface area contributed by atoms with E-state index in [1.165, 1.54) is 18.5 Å². The van der Waals surface area contributed by atoms with Crippen molar-refractivity contribution in [1.82, 2.24) is 0 Å². The number of nitrogens with two attached hydrogens (primary N) is 1. The zero-order chi connectivity index (χ0) is 22.7. The Morgan fingerprint density at radius 2 is 1.85 bits per heavy atom. The van der Waals surface area contributed by atoms with Gasteiger partial charge >= 0.3 is 0 Å². The lowest BCUT2D eigenvalue weighted by molar-refractivity contribution is 0.102. The number of carbonyl (C=O) groups excluding carboxylic acids is 1. The molecule has 0 aliphatic carbocycles. The van der Waals surface area contributed by atoms with Crippen molar-refractivity contribution in [3.63, 3.8) is 0 Å². The minimum Gasteiger partial charge on any atom is -0.452 e. The van der Waals surface area contributed by atoms with Gasteiger partial charge in [-0.25, -0.2) is 8.42 Å². The van der Waals surface area contributed by atoms with Gasteiger partial charge in [-0.3, -0.25) is 4.79 Å². The Morgan fingerprint density at radius 3 is 2.55 bits per heavy atom. The van der Waals surface area contributed by atoms with E-state index in [-0.39, 0.29) is 29.2 Å². The molecule has 0 bridgehead atoms. The molecule has 4 rings (SSSR count). The summed E-state index contributed by atoms with van der Waals surface area (Å²) in [5, 5.41) is 7.94. The summed E-state index contributed by atoms with van der Waals surface area (Å²) in [6.07, 6.45) is 2.90. The Labute approximate surface area is 197 Å². The lowest BCUT2D eigenvalue weighted by Gasteiger charge is -2.11. The molecule has 0 aliphatic heterocycles. The number of sulfone groups is 1. The molecular formula is C24H22ClN3O4S. The third-order valence-corrected chi connectivity index (χ3v) is 6.66. The summed E-state index contributed by atoms with van der Waals surface area (Å²) in [4.78, 5) is 13.0. The maximum atomic E-state index is 13.0. The van der Waals surface area contributed by atoms with Crippen LogP contribution in [-0.2, 0) is 9.84 Å². The van der Waals surface area contributed by atoms with Crippen LogP contribution in [0.25, 0.3) is 21.9 Å². The van der Waals surface area contributed by atoms with Crippen LogP contribution in [0.3, 0.4) is 0 Å². The van der Waals surface area contributed by atoms with Gasteiger partial charge in [0.15, 0.2) is 0 Å². The molecule has 0 aliphatic rings. The molecule has 3 aromatic carbocycles. The van der Waals surface area contributed by atoms with Gasteiger partial charge < -0.3 is 15.6 Å². The van der Waals surface area contributed by atoms with Crippen molar-refractivity contribution in [2.45, 2.75) is 12.0 Å². The van der Waals surface area contributed by atoms with Crippen molar-refractivity contribution >= 4 is 50.8 Å². The molecule has 9 heteroatoms. The van der Waals surface area contributed by atoms with Crippen LogP contribution in [0, 0.1) is 0 Å². The topological polar surface area (TPSA) is 115 Å². The molecule has 0 fully saturated rings. The van der Waals surface area contributed by atoms with Crippen LogP contribution in [0.5, 0.6) is 0 Å². The van der Waals surface area contributed by atoms with Gasteiger partial charge in [-0.15, -0.1) is 12.4 Å². The van der Waals surface area contributed by atoms with Gasteiger partial charge in [-0.05, 0) is 52.2 Å². The lowest BCUT2D eigenvalue weighted by Crippen LogP contribution is -2.12. The molecule has 0 saturated heterocycles. The van der Waals surface area contributed by atoms with Crippen LogP contribution >= 0.6 is 12.4 Å². The van der Waals surface area contributed by atoms with Gasteiger partial charge in [0.2, 0.25) is 14.9 Å². The molecule has 1 aromatic heterocycles. The Kier molecular flexibility index (Phi) is 7.20. The number of hydrogen-bond acceptors (Lipinski definition) is 6. The fourth-order valence-electron chi connectivity index (χ4n) is 3.40. The molecule has 0 saturated carbocycles. The summed E-state index contributed by atoms with van der Waals surface area (Å²) in [5.74, 6) is 4.94. The molecule has 0 atom stereocenters. The molecular weight excluding hydrogens is 462 g/mol. The number of anilines is 1. The number of furan rings is 1. The summed E-state index contributed by atoms with van der Waals surface area (Å²) in [7, 11) is -3.51. The van der Waals surface area contributed by atoms with Crippen LogP contribution in [0.1, 0.15) is 22.8 Å². The molecule has 7 nitrogen and oxygen atoms in total. The highest BCUT2D eigenvalue weighted by Gasteiger charge is 2.19. The van der Waals surface area contributed by atoms with Gasteiger partial charge in [0.05, 0.1) is 12.0 Å². The molecule has 4 aromatic rings. The van der Waals surface area contributed by atoms with Crippen LogP contribution in [0.15, 0.2) is 87.6 Å². The number of nitrogens with zero attached hydrogens (tertiary/aromatic N) is 1. The van der Waals surface area contributed by atoms with E-state index in [9.17, 15) is 13.2 Å². The quantitative estimate of drug-likeness (QED) is 0.231. The number of benzene rings is 3. The minimum absolute atomic E-state index is 0. The number of nitrogens with one attached hydrogen (secondary N) is 1. The second-order valence-electron chi connectivity index (χ2n) is 7.16. The fourth-order valence-corrected chi connectivity index (χ4v) is 4.19. The third kappa shape index (κ3) is 5.08. The monoisotopic (exact) mass is 483 g/mol. The number of para-hydroxylation sites is 1. The van der Waals surface area contributed by atoms with Crippen LogP contribution in [0.4, 0.5) is 5.69 Å². The van der Waals surface area contributed by atoms with E-state index in [0.29, 0.717) is 22.4 Å². The summed E-state index contributed by atoms with van der Waals surface area (Å²) in [6, 6.07) is 19.7. The molecule has 0 radical (unpaired) electrons. The van der Waals surface area contributed by atoms with Crippen molar-refractivity contribution in [3.05, 3.63) is 84.1 Å². The highest BCUT2D eigenvalue weighted by Crippen LogP contribution is 2.33. The van der Waals surface area contributed by atoms with Crippen molar-refractivity contribution in [2.24, 2.45) is 10.9 Å². The summed E-state index contributed by atoms with van der Waals surface area (Å²) in [6.45, 7) is 1.56. The number of halogens is 1. The van der Waals surface area contributed by atoms with Crippen molar-refractivity contribution in [1.29, 1.82) is 0 Å². The number of hydrazone groups is 1. The highest BCUT2D eigenvalue weighted by molar-refractivity contribution is 7.91. The Morgan fingerprint density at radius 1 is 1.09 bits per heavy atom. The zero-order valence-electron chi connectivity index (χ0n) is 17.7. The lowest BCUT2D eigenvalue weighted by atomic mass is 9.95. The smallest absolute Gasteiger partial charge is 0.255 e. The normalized spacial score (nSPS) is 11.4. The fraction of sp³-hybridized carbons (Fsp3) is 0.0833. The minimum atomic E-state index is -3.51. The van der Waals surface area contributed by atoms with E-state index in [1.807, 2.05) is 36.4 Å². The summed E-state index contributed by atoms with van der Waals surface area (Å²) < 4.78 is 29.8. The molecule has 1 amide bonds. The summed E-state index contributed by atoms with van der Waals surface area (Å²) in [5.41, 5.74) is 3.09. The van der Waals surface area contributed by atoms with Crippen molar-refractivity contribution < 1.29 is 17.6 Å². The number of fused-ring (bicyclic) bond motifs is 1. The van der Waals surface area contributed by atoms with Gasteiger partial charge in [0.25, 0.3) is 5.91 Å². The molecule has 3 N–H and O–H groups in total. The van der Waals surface area contributed by atoms with E-state index in [2.05, 4.69) is 10.4 Å². The summed E-state index contributed by atoms with van der Waals surface area (Å²) >= 11 is 0. The zero-order valence-corrected chi connectivity index (χ0v) is 19.3. The average molecular weight is 484 g/mol. The standard InChI is InChI=1S/C24H21N3O4S.ClH/c1-2-32(29,30)23-13-19(15-31-23)22-12-18(24(28)27-20-6-4-3-5-7-20)11-17-9-8-16(14-26-25)10-21(17)22;/h3-15H,2,25H2,1H3,(H,27,28);1H. The predicted octanol–water partition coefficient (Wildman–Crippen LogP) is 4.86. The number of hydrogen-bond donors (Lipinski definition) is 2. The second kappa shape index (κ2) is 9.89. The number of rotatable bonds is 6. The molecule has 1 heterocycles. The van der Waals surface area contributed by atoms with E-state index in [4.69, 9.17) is 10.3 Å². The third-order valence-electron chi connectivity index (χ3n) is 5.07. The van der Waals surface area contributed by atoms with E-state index in [1.54, 1.807) is 31.2 Å². The molecule has 33 heavy (non-hydrogen) atoms. The SMILES string of the molecule is CCS(=O)(=O)c1cc(-c2cc(C(=O)Nc3ccccc3)cc3ccc(C=NN)cc23)co1.Cl. The largest absolute Gasteiger partial charge is 0.452 e. The Hall–Kier alpha value is -3.62. The van der Waals surface area contributed by atoms with Crippen LogP contribution < -0.4 is 11.2 Å². The first kappa shape index (κ1) is 24.0. The Balaban J connectivity index is 0.00000306. The Bertz CT molecular complexity index is 1430. The van der Waals surface area contributed by atoms with Crippen molar-refractivity contribution in [3.8, 4) is 11.1 Å². The first-order chi connectivity index (χ1) is 15.4. The van der Waals surface area contributed by atoms with Gasteiger partial charge in [0, 0.05) is 22.9 Å². The first-order valence-electron chi connectivity index (χ1n) is 9.90. The second-order valence-corrected chi connectivity index (χ2v) is 9.37. The predicted molar refractivity (Wildman–Crippen MR) is 133 cm³/mol. The average Bonchev–Trinajstić information content (AvgIpc) is 3.30. The van der Waals surface area contributed by atoms with E-state index in [0.717, 1.165) is 16.3 Å². The van der Waals surface area contributed by atoms with Crippen LogP contribution in [0.2, 0.25) is 0 Å². The van der Waals surface area contributed by atoms with E-state index >= 15 is 0 Å². The van der Waals surface area contributed by atoms with Gasteiger partial charge in [-0.2, -0.15) is 5.10 Å². The number of amides is 1.